The first-order valence-corrected chi connectivity index (χ1v) is 10.2. The van der Waals surface area contributed by atoms with Crippen LogP contribution in [0.3, 0.4) is 0 Å². The summed E-state index contributed by atoms with van der Waals surface area (Å²) in [6.07, 6.45) is 3.16. The van der Waals surface area contributed by atoms with E-state index < -0.39 is 0 Å². The third-order valence-corrected chi connectivity index (χ3v) is 5.75. The van der Waals surface area contributed by atoms with Gasteiger partial charge in [-0.05, 0) is 29.8 Å². The monoisotopic (exact) mass is 451 g/mol. The molecule has 1 fully saturated rings. The van der Waals surface area contributed by atoms with Crippen LogP contribution in [0.5, 0.6) is 0 Å². The number of carbonyl (C=O) groups excluding carboxylic acids is 2. The molecule has 0 radical (unpaired) electrons. The van der Waals surface area contributed by atoms with Gasteiger partial charge in [-0.2, -0.15) is 0 Å². The number of nitrogens with zero attached hydrogens (tertiary/aromatic N) is 2. The van der Waals surface area contributed by atoms with Gasteiger partial charge in [-0.15, -0.1) is 0 Å². The molecule has 0 aliphatic carbocycles. The number of hydrogen-bond acceptors (Lipinski definition) is 3. The Hall–Kier alpha value is -2.05. The Morgan fingerprint density at radius 3 is 2.34 bits per heavy atom. The lowest BCUT2D eigenvalue weighted by molar-refractivity contribution is -0.127. The zero-order valence-electron chi connectivity index (χ0n) is 15.6. The summed E-state index contributed by atoms with van der Waals surface area (Å²) in [5.74, 6) is -0.227. The lowest BCUT2D eigenvalue weighted by Gasteiger charge is -2.33. The molecule has 152 valence electrons. The fourth-order valence-electron chi connectivity index (χ4n) is 3.00. The molecule has 2 aromatic rings. The Kier molecular flexibility index (Phi) is 7.56. The predicted molar refractivity (Wildman–Crippen MR) is 119 cm³/mol. The molecule has 1 heterocycles. The number of anilines is 1. The molecule has 0 unspecified atom stereocenters. The number of rotatable bonds is 5. The van der Waals surface area contributed by atoms with Gasteiger partial charge in [-0.1, -0.05) is 59.1 Å². The molecule has 29 heavy (non-hydrogen) atoms. The summed E-state index contributed by atoms with van der Waals surface area (Å²) in [5, 5.41) is 4.19. The van der Waals surface area contributed by atoms with Crippen LogP contribution >= 0.6 is 34.8 Å². The van der Waals surface area contributed by atoms with Crippen molar-refractivity contribution in [2.45, 2.75) is 0 Å². The molecule has 1 aliphatic rings. The van der Waals surface area contributed by atoms with Crippen LogP contribution in [0.15, 0.2) is 48.5 Å². The summed E-state index contributed by atoms with van der Waals surface area (Å²) in [6, 6.07) is 12.4. The number of nitrogens with one attached hydrogen (secondary N) is 1. The molecule has 2 aromatic carbocycles. The van der Waals surface area contributed by atoms with Crippen LogP contribution in [-0.2, 0) is 9.59 Å². The molecule has 3 rings (SSSR count). The minimum Gasteiger partial charge on any atom is -0.337 e. The van der Waals surface area contributed by atoms with Gasteiger partial charge in [0.2, 0.25) is 11.8 Å². The van der Waals surface area contributed by atoms with Gasteiger partial charge >= 0.3 is 0 Å². The van der Waals surface area contributed by atoms with Gasteiger partial charge in [-0.3, -0.25) is 14.5 Å². The molecule has 5 nitrogen and oxygen atoms in total. The average molecular weight is 453 g/mol. The molecular weight excluding hydrogens is 433 g/mol. The van der Waals surface area contributed by atoms with Gasteiger partial charge < -0.3 is 10.2 Å². The number of halogens is 3. The van der Waals surface area contributed by atoms with Crippen molar-refractivity contribution in [1.82, 2.24) is 9.80 Å². The maximum absolute atomic E-state index is 12.4. The quantitative estimate of drug-likeness (QED) is 0.682. The van der Waals surface area contributed by atoms with E-state index in [9.17, 15) is 9.59 Å². The number of benzene rings is 2. The van der Waals surface area contributed by atoms with Gasteiger partial charge in [-0.25, -0.2) is 0 Å². The smallest absolute Gasteiger partial charge is 0.246 e. The van der Waals surface area contributed by atoms with Gasteiger partial charge in [0.05, 0.1) is 27.3 Å². The molecule has 0 atom stereocenters. The molecule has 0 saturated carbocycles. The molecule has 1 N–H and O–H groups in total. The van der Waals surface area contributed by atoms with Crippen LogP contribution in [0.25, 0.3) is 6.08 Å². The largest absolute Gasteiger partial charge is 0.337 e. The zero-order chi connectivity index (χ0) is 20.8. The van der Waals surface area contributed by atoms with Crippen molar-refractivity contribution < 1.29 is 9.59 Å². The van der Waals surface area contributed by atoms with E-state index in [1.165, 1.54) is 6.08 Å². The number of amides is 2. The third kappa shape index (κ3) is 5.97. The van der Waals surface area contributed by atoms with Crippen LogP contribution in [0.2, 0.25) is 15.1 Å². The molecule has 2 amide bonds. The lowest BCUT2D eigenvalue weighted by Crippen LogP contribution is -2.50. The van der Waals surface area contributed by atoms with Crippen molar-refractivity contribution in [2.24, 2.45) is 0 Å². The van der Waals surface area contributed by atoms with Gasteiger partial charge in [0.15, 0.2) is 0 Å². The number of hydrogen-bond donors (Lipinski definition) is 1. The molecule has 1 saturated heterocycles. The first-order chi connectivity index (χ1) is 13.9. The summed E-state index contributed by atoms with van der Waals surface area (Å²) in [6.45, 7) is 2.58. The summed E-state index contributed by atoms with van der Waals surface area (Å²) in [4.78, 5) is 28.4. The van der Waals surface area contributed by atoms with Crippen LogP contribution in [0, 0.1) is 0 Å². The fraction of sp³-hybridized carbons (Fsp3) is 0.238. The molecular formula is C21H20Cl3N3O2. The Bertz CT molecular complexity index is 925. The normalized spacial score (nSPS) is 14.9. The van der Waals surface area contributed by atoms with Crippen molar-refractivity contribution in [3.8, 4) is 0 Å². The first kappa shape index (κ1) is 21.7. The maximum Gasteiger partial charge on any atom is 0.246 e. The van der Waals surface area contributed by atoms with Crippen molar-refractivity contribution in [3.05, 3.63) is 69.2 Å². The van der Waals surface area contributed by atoms with Gasteiger partial charge in [0, 0.05) is 32.3 Å². The second-order valence-electron chi connectivity index (χ2n) is 6.61. The van der Waals surface area contributed by atoms with E-state index in [4.69, 9.17) is 34.8 Å². The molecule has 0 aromatic heterocycles. The Morgan fingerprint density at radius 1 is 0.931 bits per heavy atom. The van der Waals surface area contributed by atoms with Crippen LogP contribution in [0.4, 0.5) is 5.69 Å². The van der Waals surface area contributed by atoms with E-state index in [0.29, 0.717) is 52.5 Å². The summed E-state index contributed by atoms with van der Waals surface area (Å²) < 4.78 is 0. The highest BCUT2D eigenvalue weighted by Gasteiger charge is 2.21. The van der Waals surface area contributed by atoms with Crippen molar-refractivity contribution >= 4 is 58.4 Å². The molecule has 0 bridgehead atoms. The summed E-state index contributed by atoms with van der Waals surface area (Å²) >= 11 is 18.2. The highest BCUT2D eigenvalue weighted by Crippen LogP contribution is 2.26. The second kappa shape index (κ2) is 10.1. The first-order valence-electron chi connectivity index (χ1n) is 9.12. The summed E-state index contributed by atoms with van der Waals surface area (Å²) in [5.41, 5.74) is 1.29. The predicted octanol–water partition coefficient (Wildman–Crippen LogP) is 4.44. The van der Waals surface area contributed by atoms with E-state index in [-0.39, 0.29) is 18.4 Å². The third-order valence-electron chi connectivity index (χ3n) is 4.59. The molecule has 1 aliphatic heterocycles. The number of para-hydroxylation sites is 1. The maximum atomic E-state index is 12.4. The Morgan fingerprint density at radius 2 is 1.62 bits per heavy atom. The van der Waals surface area contributed by atoms with E-state index in [1.54, 1.807) is 41.3 Å². The SMILES string of the molecule is O=C(CN1CCN(C(=O)/C=C/c2cccc(Cl)c2Cl)CC1)Nc1ccccc1Cl. The Balaban J connectivity index is 1.48. The van der Waals surface area contributed by atoms with Crippen molar-refractivity contribution in [2.75, 3.05) is 38.0 Å². The molecule has 8 heteroatoms. The lowest BCUT2D eigenvalue weighted by atomic mass is 10.2. The van der Waals surface area contributed by atoms with Crippen LogP contribution in [0.1, 0.15) is 5.56 Å². The number of piperazine rings is 1. The van der Waals surface area contributed by atoms with Crippen LogP contribution < -0.4 is 5.32 Å². The molecule has 0 spiro atoms. The average Bonchev–Trinajstić information content (AvgIpc) is 2.71. The van der Waals surface area contributed by atoms with Gasteiger partial charge in [0.1, 0.15) is 0 Å². The highest BCUT2D eigenvalue weighted by atomic mass is 35.5. The second-order valence-corrected chi connectivity index (χ2v) is 7.80. The minimum absolute atomic E-state index is 0.0961. The van der Waals surface area contributed by atoms with E-state index in [0.717, 1.165) is 0 Å². The topological polar surface area (TPSA) is 52.7 Å². The Labute approximate surface area is 184 Å². The highest BCUT2D eigenvalue weighted by molar-refractivity contribution is 6.42. The van der Waals surface area contributed by atoms with E-state index in [1.807, 2.05) is 17.0 Å². The minimum atomic E-state index is -0.131. The number of carbonyl (C=O) groups is 2. The zero-order valence-corrected chi connectivity index (χ0v) is 17.8. The van der Waals surface area contributed by atoms with Gasteiger partial charge in [0.25, 0.3) is 0 Å². The van der Waals surface area contributed by atoms with Crippen molar-refractivity contribution in [1.29, 1.82) is 0 Å². The van der Waals surface area contributed by atoms with Crippen molar-refractivity contribution in [3.63, 3.8) is 0 Å². The summed E-state index contributed by atoms with van der Waals surface area (Å²) in [7, 11) is 0. The standard InChI is InChI=1S/C21H20Cl3N3O2/c22-16-5-1-2-7-18(16)25-19(28)14-26-10-12-27(13-11-26)20(29)9-8-15-4-3-6-17(23)21(15)24/h1-9H,10-14H2,(H,25,28)/b9-8+. The van der Waals surface area contributed by atoms with Crippen LogP contribution in [-0.4, -0.2) is 54.3 Å². The fourth-order valence-corrected chi connectivity index (χ4v) is 3.55. The van der Waals surface area contributed by atoms with E-state index in [2.05, 4.69) is 5.32 Å². The van der Waals surface area contributed by atoms with E-state index >= 15 is 0 Å².